The minimum absolute atomic E-state index is 0.00176. The molecule has 146 valence electrons. The topological polar surface area (TPSA) is 63.5 Å². The van der Waals surface area contributed by atoms with Gasteiger partial charge in [-0.1, -0.05) is 48.0 Å². The lowest BCUT2D eigenvalue weighted by Gasteiger charge is -2.40. The van der Waals surface area contributed by atoms with E-state index in [1.54, 1.807) is 0 Å². The average molecular weight is 386 g/mol. The van der Waals surface area contributed by atoms with Gasteiger partial charge in [0, 0.05) is 35.3 Å². The summed E-state index contributed by atoms with van der Waals surface area (Å²) in [4.78, 5) is 25.6. The molecular formula is C24H22N2O3. The minimum Gasteiger partial charge on any atom is -0.305 e. The lowest BCUT2D eigenvalue weighted by Crippen LogP contribution is -2.43. The van der Waals surface area contributed by atoms with Gasteiger partial charge in [-0.3, -0.25) is 14.9 Å². The number of anilines is 1. The van der Waals surface area contributed by atoms with E-state index in [0.29, 0.717) is 5.56 Å². The van der Waals surface area contributed by atoms with Crippen LogP contribution in [0.3, 0.4) is 0 Å². The Hall–Kier alpha value is -3.47. The van der Waals surface area contributed by atoms with Gasteiger partial charge in [0.1, 0.15) is 0 Å². The van der Waals surface area contributed by atoms with Crippen LogP contribution in [0.25, 0.3) is 0 Å². The summed E-state index contributed by atoms with van der Waals surface area (Å²) < 4.78 is 0. The van der Waals surface area contributed by atoms with Crippen LogP contribution in [0.5, 0.6) is 0 Å². The molecule has 4 rings (SSSR count). The van der Waals surface area contributed by atoms with Gasteiger partial charge in [-0.15, -0.1) is 0 Å². The number of hydrogen-bond acceptors (Lipinski definition) is 3. The van der Waals surface area contributed by atoms with Crippen molar-refractivity contribution in [2.75, 3.05) is 4.90 Å². The van der Waals surface area contributed by atoms with Gasteiger partial charge < -0.3 is 4.90 Å². The SMILES string of the molecule is Cc1ccc2c(c1)[C@H](c1ccccc1)C[C@@H](C)N2C(=O)c1ccc([N+](=O)[O-])cc1. The molecule has 0 unspecified atom stereocenters. The Labute approximate surface area is 169 Å². The first kappa shape index (κ1) is 18.9. The molecule has 0 saturated heterocycles. The summed E-state index contributed by atoms with van der Waals surface area (Å²) in [6.45, 7) is 4.12. The van der Waals surface area contributed by atoms with Crippen LogP contribution in [-0.4, -0.2) is 16.9 Å². The predicted octanol–water partition coefficient (Wildman–Crippen LogP) is 5.47. The number of benzene rings is 3. The van der Waals surface area contributed by atoms with E-state index in [1.807, 2.05) is 35.2 Å². The van der Waals surface area contributed by atoms with Gasteiger partial charge in [0.25, 0.3) is 11.6 Å². The monoisotopic (exact) mass is 386 g/mol. The zero-order chi connectivity index (χ0) is 20.5. The van der Waals surface area contributed by atoms with Crippen LogP contribution in [0.4, 0.5) is 11.4 Å². The molecule has 3 aromatic carbocycles. The zero-order valence-corrected chi connectivity index (χ0v) is 16.4. The van der Waals surface area contributed by atoms with Gasteiger partial charge in [0.15, 0.2) is 0 Å². The second-order valence-electron chi connectivity index (χ2n) is 7.59. The van der Waals surface area contributed by atoms with Crippen LogP contribution >= 0.6 is 0 Å². The summed E-state index contributed by atoms with van der Waals surface area (Å²) in [7, 11) is 0. The highest BCUT2D eigenvalue weighted by Crippen LogP contribution is 2.43. The number of hydrogen-bond donors (Lipinski definition) is 0. The number of amides is 1. The number of non-ortho nitro benzene ring substituents is 1. The van der Waals surface area contributed by atoms with Crippen molar-refractivity contribution >= 4 is 17.3 Å². The van der Waals surface area contributed by atoms with Crippen LogP contribution in [0, 0.1) is 17.0 Å². The van der Waals surface area contributed by atoms with Crippen LogP contribution < -0.4 is 4.90 Å². The van der Waals surface area contributed by atoms with Crippen molar-refractivity contribution in [2.24, 2.45) is 0 Å². The molecule has 3 aromatic rings. The standard InChI is InChI=1S/C24H22N2O3/c1-16-8-13-23-22(14-16)21(18-6-4-3-5-7-18)15-17(2)25(23)24(27)19-9-11-20(12-10-19)26(28)29/h3-14,17,21H,15H2,1-2H3/t17-,21+/m1/s1. The van der Waals surface area contributed by atoms with Crippen molar-refractivity contribution < 1.29 is 9.72 Å². The number of fused-ring (bicyclic) bond motifs is 1. The molecule has 0 aliphatic carbocycles. The number of nitro benzene ring substituents is 1. The smallest absolute Gasteiger partial charge is 0.269 e. The van der Waals surface area contributed by atoms with Gasteiger partial charge in [0.05, 0.1) is 4.92 Å². The molecule has 1 aliphatic rings. The maximum absolute atomic E-state index is 13.3. The van der Waals surface area contributed by atoms with Crippen LogP contribution in [0.2, 0.25) is 0 Å². The predicted molar refractivity (Wildman–Crippen MR) is 113 cm³/mol. The number of carbonyl (C=O) groups is 1. The molecule has 0 aromatic heterocycles. The van der Waals surface area contributed by atoms with Crippen molar-refractivity contribution in [3.05, 3.63) is 105 Å². The highest BCUT2D eigenvalue weighted by Gasteiger charge is 2.35. The number of nitro groups is 1. The number of rotatable bonds is 3. The molecule has 5 nitrogen and oxygen atoms in total. The second kappa shape index (κ2) is 7.51. The molecule has 0 spiro atoms. The van der Waals surface area contributed by atoms with Crippen LogP contribution in [-0.2, 0) is 0 Å². The number of nitrogens with zero attached hydrogens (tertiary/aromatic N) is 2. The van der Waals surface area contributed by atoms with Gasteiger partial charge >= 0.3 is 0 Å². The van der Waals surface area contributed by atoms with E-state index in [0.717, 1.165) is 23.2 Å². The molecule has 0 saturated carbocycles. The summed E-state index contributed by atoms with van der Waals surface area (Å²) >= 11 is 0. The summed E-state index contributed by atoms with van der Waals surface area (Å²) in [5, 5.41) is 10.9. The van der Waals surface area contributed by atoms with Crippen molar-refractivity contribution in [2.45, 2.75) is 32.2 Å². The lowest BCUT2D eigenvalue weighted by molar-refractivity contribution is -0.384. The maximum atomic E-state index is 13.3. The Balaban J connectivity index is 1.76. The van der Waals surface area contributed by atoms with Gasteiger partial charge in [-0.2, -0.15) is 0 Å². The molecule has 29 heavy (non-hydrogen) atoms. The Morgan fingerprint density at radius 3 is 2.38 bits per heavy atom. The fraction of sp³-hybridized carbons (Fsp3) is 0.208. The molecule has 0 N–H and O–H groups in total. The molecule has 5 heteroatoms. The Morgan fingerprint density at radius 2 is 1.72 bits per heavy atom. The quantitative estimate of drug-likeness (QED) is 0.443. The van der Waals surface area contributed by atoms with Gasteiger partial charge in [-0.05, 0) is 49.6 Å². The van der Waals surface area contributed by atoms with E-state index in [4.69, 9.17) is 0 Å². The lowest BCUT2D eigenvalue weighted by atomic mass is 9.80. The highest BCUT2D eigenvalue weighted by molar-refractivity contribution is 6.07. The van der Waals surface area contributed by atoms with E-state index in [2.05, 4.69) is 32.0 Å². The van der Waals surface area contributed by atoms with E-state index in [1.165, 1.54) is 29.8 Å². The van der Waals surface area contributed by atoms with E-state index >= 15 is 0 Å². The summed E-state index contributed by atoms with van der Waals surface area (Å²) in [6.07, 6.45) is 0.819. The number of aryl methyl sites for hydroxylation is 1. The second-order valence-corrected chi connectivity index (χ2v) is 7.59. The third-order valence-corrected chi connectivity index (χ3v) is 5.58. The summed E-state index contributed by atoms with van der Waals surface area (Å²) in [5.41, 5.74) is 4.88. The molecule has 1 heterocycles. The van der Waals surface area contributed by atoms with Crippen molar-refractivity contribution in [3.63, 3.8) is 0 Å². The summed E-state index contributed by atoms with van der Waals surface area (Å²) in [5.74, 6) is 0.0889. The van der Waals surface area contributed by atoms with Crippen molar-refractivity contribution in [1.29, 1.82) is 0 Å². The van der Waals surface area contributed by atoms with E-state index < -0.39 is 4.92 Å². The highest BCUT2D eigenvalue weighted by atomic mass is 16.6. The third kappa shape index (κ3) is 3.51. The fourth-order valence-electron chi connectivity index (χ4n) is 4.16. The first-order valence-corrected chi connectivity index (χ1v) is 9.69. The molecular weight excluding hydrogens is 364 g/mol. The Bertz CT molecular complexity index is 1060. The van der Waals surface area contributed by atoms with Crippen molar-refractivity contribution in [3.8, 4) is 0 Å². The fourth-order valence-corrected chi connectivity index (χ4v) is 4.16. The van der Waals surface area contributed by atoms with E-state index in [-0.39, 0.29) is 23.6 Å². The van der Waals surface area contributed by atoms with E-state index in [9.17, 15) is 14.9 Å². The molecule has 0 radical (unpaired) electrons. The molecule has 1 aliphatic heterocycles. The largest absolute Gasteiger partial charge is 0.305 e. The third-order valence-electron chi connectivity index (χ3n) is 5.58. The zero-order valence-electron chi connectivity index (χ0n) is 16.4. The van der Waals surface area contributed by atoms with Gasteiger partial charge in [0.2, 0.25) is 0 Å². The Kier molecular flexibility index (Phi) is 4.89. The van der Waals surface area contributed by atoms with Gasteiger partial charge in [-0.25, -0.2) is 0 Å². The molecule has 2 atom stereocenters. The maximum Gasteiger partial charge on any atom is 0.269 e. The summed E-state index contributed by atoms with van der Waals surface area (Å²) in [6, 6.07) is 22.4. The first-order chi connectivity index (χ1) is 14.0. The van der Waals surface area contributed by atoms with Crippen molar-refractivity contribution in [1.82, 2.24) is 0 Å². The van der Waals surface area contributed by atoms with Crippen LogP contribution in [0.1, 0.15) is 46.3 Å². The normalized spacial score (nSPS) is 18.2. The molecule has 1 amide bonds. The van der Waals surface area contributed by atoms with Crippen LogP contribution in [0.15, 0.2) is 72.8 Å². The first-order valence-electron chi connectivity index (χ1n) is 9.69. The molecule has 0 fully saturated rings. The number of carbonyl (C=O) groups excluding carboxylic acids is 1. The average Bonchev–Trinajstić information content (AvgIpc) is 2.73. The minimum atomic E-state index is -0.458. The Morgan fingerprint density at radius 1 is 1.03 bits per heavy atom. The molecule has 0 bridgehead atoms.